The predicted octanol–water partition coefficient (Wildman–Crippen LogP) is 4.75. The third-order valence-corrected chi connectivity index (χ3v) is 6.38. The summed E-state index contributed by atoms with van der Waals surface area (Å²) in [5.74, 6) is 1.44. The van der Waals surface area contributed by atoms with Crippen LogP contribution in [-0.2, 0) is 11.3 Å². The summed E-state index contributed by atoms with van der Waals surface area (Å²) in [6.07, 6.45) is 5.75. The Morgan fingerprint density at radius 3 is 2.73 bits per heavy atom. The van der Waals surface area contributed by atoms with Crippen LogP contribution in [0, 0.1) is 5.92 Å². The average molecular weight is 534 g/mol. The molecule has 0 atom stereocenters. The second-order valence-corrected chi connectivity index (χ2v) is 10.4. The maximum Gasteiger partial charge on any atom is 0.275 e. The summed E-state index contributed by atoms with van der Waals surface area (Å²) < 4.78 is 7.39. The van der Waals surface area contributed by atoms with Crippen LogP contribution in [0.25, 0.3) is 12.2 Å². The van der Waals surface area contributed by atoms with Gasteiger partial charge in [0.2, 0.25) is 0 Å². The van der Waals surface area contributed by atoms with Gasteiger partial charge in [0.05, 0.1) is 20.6 Å². The van der Waals surface area contributed by atoms with Crippen LogP contribution in [0.1, 0.15) is 16.7 Å². The predicted molar refractivity (Wildman–Crippen MR) is 140 cm³/mol. The Hall–Kier alpha value is -2.12. The SMILES string of the molecule is C=CCOc1cc(/C=C/c2ccc(Cl)cc2Br)cc(CNC(=O)C[N+](C)(C)CC2CNC2)c1. The maximum absolute atomic E-state index is 12.6. The van der Waals surface area contributed by atoms with Gasteiger partial charge < -0.3 is 19.9 Å². The summed E-state index contributed by atoms with van der Waals surface area (Å²) in [4.78, 5) is 12.6. The summed E-state index contributed by atoms with van der Waals surface area (Å²) in [5, 5.41) is 7.05. The van der Waals surface area contributed by atoms with Gasteiger partial charge in [-0.05, 0) is 47.0 Å². The van der Waals surface area contributed by atoms with Crippen molar-refractivity contribution in [3.05, 3.63) is 75.2 Å². The second kappa shape index (κ2) is 11.8. The molecule has 0 unspecified atom stereocenters. The lowest BCUT2D eigenvalue weighted by Crippen LogP contribution is -2.56. The van der Waals surface area contributed by atoms with E-state index in [9.17, 15) is 4.79 Å². The van der Waals surface area contributed by atoms with Crippen LogP contribution in [0.15, 0.2) is 53.5 Å². The molecule has 2 aromatic carbocycles. The average Bonchev–Trinajstić information content (AvgIpc) is 2.72. The Labute approximate surface area is 210 Å². The minimum absolute atomic E-state index is 0.0480. The third kappa shape index (κ3) is 8.31. The van der Waals surface area contributed by atoms with E-state index in [0.717, 1.165) is 46.5 Å². The number of likely N-dealkylation sites (N-methyl/N-ethyl adjacent to an activating group) is 1. The largest absolute Gasteiger partial charge is 0.490 e. The van der Waals surface area contributed by atoms with Crippen LogP contribution < -0.4 is 15.4 Å². The van der Waals surface area contributed by atoms with E-state index in [1.165, 1.54) is 0 Å². The van der Waals surface area contributed by atoms with Crippen LogP contribution in [0.4, 0.5) is 0 Å². The monoisotopic (exact) mass is 532 g/mol. The molecule has 2 aromatic rings. The number of halogens is 2. The molecule has 176 valence electrons. The fourth-order valence-electron chi connectivity index (χ4n) is 3.83. The molecule has 0 aromatic heterocycles. The minimum Gasteiger partial charge on any atom is -0.490 e. The van der Waals surface area contributed by atoms with Gasteiger partial charge in [0.25, 0.3) is 5.91 Å². The summed E-state index contributed by atoms with van der Waals surface area (Å²) in [7, 11) is 4.22. The molecular formula is C26H32BrClN3O2+. The Morgan fingerprint density at radius 1 is 1.27 bits per heavy atom. The summed E-state index contributed by atoms with van der Waals surface area (Å²) in [5.41, 5.74) is 2.98. The number of rotatable bonds is 11. The van der Waals surface area contributed by atoms with Crippen molar-refractivity contribution in [3.8, 4) is 5.75 Å². The number of carbonyl (C=O) groups is 1. The van der Waals surface area contributed by atoms with Crippen molar-refractivity contribution < 1.29 is 14.0 Å². The topological polar surface area (TPSA) is 50.4 Å². The fourth-order valence-corrected chi connectivity index (χ4v) is 4.65. The molecular weight excluding hydrogens is 502 g/mol. The van der Waals surface area contributed by atoms with Crippen LogP contribution in [0.5, 0.6) is 5.75 Å². The molecule has 1 saturated heterocycles. The smallest absolute Gasteiger partial charge is 0.275 e. The normalized spacial score (nSPS) is 14.2. The highest BCUT2D eigenvalue weighted by Gasteiger charge is 2.28. The van der Waals surface area contributed by atoms with E-state index in [-0.39, 0.29) is 5.91 Å². The van der Waals surface area contributed by atoms with Crippen molar-refractivity contribution >= 4 is 45.6 Å². The van der Waals surface area contributed by atoms with Gasteiger partial charge >= 0.3 is 0 Å². The van der Waals surface area contributed by atoms with Gasteiger partial charge in [-0.2, -0.15) is 0 Å². The highest BCUT2D eigenvalue weighted by molar-refractivity contribution is 9.10. The Bertz CT molecular complexity index is 1020. The summed E-state index contributed by atoms with van der Waals surface area (Å²) in [6.45, 7) is 8.14. The first-order chi connectivity index (χ1) is 15.7. The van der Waals surface area contributed by atoms with Crippen molar-refractivity contribution in [2.45, 2.75) is 6.54 Å². The van der Waals surface area contributed by atoms with E-state index >= 15 is 0 Å². The minimum atomic E-state index is 0.0480. The van der Waals surface area contributed by atoms with E-state index < -0.39 is 0 Å². The van der Waals surface area contributed by atoms with E-state index in [1.807, 2.05) is 42.5 Å². The zero-order valence-corrected chi connectivity index (χ0v) is 21.6. The molecule has 0 spiro atoms. The quantitative estimate of drug-likeness (QED) is 0.249. The van der Waals surface area contributed by atoms with Crippen LogP contribution in [0.2, 0.25) is 5.02 Å². The van der Waals surface area contributed by atoms with Crippen molar-refractivity contribution in [1.29, 1.82) is 0 Å². The van der Waals surface area contributed by atoms with Gasteiger partial charge in [0, 0.05) is 35.0 Å². The fraction of sp³-hybridized carbons (Fsp3) is 0.346. The van der Waals surface area contributed by atoms with Gasteiger partial charge in [-0.25, -0.2) is 0 Å². The number of nitrogens with one attached hydrogen (secondary N) is 2. The number of hydrogen-bond donors (Lipinski definition) is 2. The zero-order chi connectivity index (χ0) is 23.8. The van der Waals surface area contributed by atoms with Crippen molar-refractivity contribution in [2.75, 3.05) is 46.9 Å². The molecule has 1 aliphatic rings. The van der Waals surface area contributed by atoms with Crippen molar-refractivity contribution in [1.82, 2.24) is 10.6 Å². The van der Waals surface area contributed by atoms with Crippen LogP contribution in [0.3, 0.4) is 0 Å². The lowest BCUT2D eigenvalue weighted by molar-refractivity contribution is -0.886. The number of benzene rings is 2. The molecule has 0 radical (unpaired) electrons. The van der Waals surface area contributed by atoms with E-state index in [4.69, 9.17) is 16.3 Å². The second-order valence-electron chi connectivity index (χ2n) is 9.09. The number of carbonyl (C=O) groups excluding carboxylic acids is 1. The molecule has 0 aliphatic carbocycles. The molecule has 1 heterocycles. The van der Waals surface area contributed by atoms with E-state index in [0.29, 0.717) is 35.1 Å². The highest BCUT2D eigenvalue weighted by atomic mass is 79.9. The van der Waals surface area contributed by atoms with Crippen LogP contribution >= 0.6 is 27.5 Å². The van der Waals surface area contributed by atoms with Gasteiger partial charge in [0.15, 0.2) is 6.54 Å². The Morgan fingerprint density at radius 2 is 2.06 bits per heavy atom. The van der Waals surface area contributed by atoms with Gasteiger partial charge in [-0.15, -0.1) is 0 Å². The molecule has 3 rings (SSSR count). The molecule has 0 saturated carbocycles. The van der Waals surface area contributed by atoms with E-state index in [1.54, 1.807) is 6.08 Å². The first-order valence-electron chi connectivity index (χ1n) is 11.0. The number of quaternary nitrogens is 1. The molecule has 1 amide bonds. The van der Waals surface area contributed by atoms with Gasteiger partial charge in [-0.3, -0.25) is 4.79 Å². The summed E-state index contributed by atoms with van der Waals surface area (Å²) in [6, 6.07) is 11.7. The molecule has 2 N–H and O–H groups in total. The van der Waals surface area contributed by atoms with Crippen LogP contribution in [-0.4, -0.2) is 57.3 Å². The zero-order valence-electron chi connectivity index (χ0n) is 19.2. The molecule has 5 nitrogen and oxygen atoms in total. The Balaban J connectivity index is 1.67. The Kier molecular flexibility index (Phi) is 9.15. The molecule has 7 heteroatoms. The summed E-state index contributed by atoms with van der Waals surface area (Å²) >= 11 is 9.59. The first kappa shape index (κ1) is 25.5. The molecule has 1 fully saturated rings. The molecule has 33 heavy (non-hydrogen) atoms. The number of amides is 1. The van der Waals surface area contributed by atoms with Crippen molar-refractivity contribution in [3.63, 3.8) is 0 Å². The number of ether oxygens (including phenoxy) is 1. The first-order valence-corrected chi connectivity index (χ1v) is 12.2. The highest BCUT2D eigenvalue weighted by Crippen LogP contribution is 2.25. The third-order valence-electron chi connectivity index (χ3n) is 5.45. The van der Waals surface area contributed by atoms with Gasteiger partial charge in [-0.1, -0.05) is 58.4 Å². The van der Waals surface area contributed by atoms with E-state index in [2.05, 4.69) is 53.3 Å². The van der Waals surface area contributed by atoms with Gasteiger partial charge in [0.1, 0.15) is 12.4 Å². The molecule has 0 bridgehead atoms. The number of hydrogen-bond acceptors (Lipinski definition) is 3. The maximum atomic E-state index is 12.6. The standard InChI is InChI=1S/C26H31BrClN3O2/c1-4-9-33-24-11-19(5-6-22-7-8-23(28)13-25(22)27)10-20(12-24)16-30-26(32)18-31(2,3)17-21-14-29-15-21/h4-8,10-13,21,29H,1,9,14-18H2,2-3H3/p+1/b6-5+. The lowest BCUT2D eigenvalue weighted by atomic mass is 10.0. The number of nitrogens with zero attached hydrogens (tertiary/aromatic N) is 1. The van der Waals surface area contributed by atoms with Crippen molar-refractivity contribution in [2.24, 2.45) is 5.92 Å². The lowest BCUT2D eigenvalue weighted by Gasteiger charge is -2.36. The molecule has 1 aliphatic heterocycles.